The van der Waals surface area contributed by atoms with Gasteiger partial charge in [0.1, 0.15) is 0 Å². The Morgan fingerprint density at radius 1 is 1.41 bits per heavy atom. The highest BCUT2D eigenvalue weighted by Gasteiger charge is 2.32. The van der Waals surface area contributed by atoms with E-state index in [1.54, 1.807) is 6.07 Å². The summed E-state index contributed by atoms with van der Waals surface area (Å²) in [6, 6.07) is 5.69. The van der Waals surface area contributed by atoms with E-state index in [1.165, 1.54) is 0 Å². The summed E-state index contributed by atoms with van der Waals surface area (Å²) in [7, 11) is 0. The van der Waals surface area contributed by atoms with Crippen LogP contribution in [-0.4, -0.2) is 24.5 Å². The predicted octanol–water partition coefficient (Wildman–Crippen LogP) is 3.16. The van der Waals surface area contributed by atoms with Gasteiger partial charge in [-0.2, -0.15) is 0 Å². The fourth-order valence-corrected chi connectivity index (χ4v) is 2.79. The molecule has 0 bridgehead atoms. The third-order valence-corrected chi connectivity index (χ3v) is 4.13. The van der Waals surface area contributed by atoms with E-state index in [4.69, 9.17) is 28.9 Å². The van der Waals surface area contributed by atoms with Crippen LogP contribution in [0.2, 0.25) is 10.0 Å². The molecule has 2 rings (SSSR count). The molecule has 1 aromatic rings. The summed E-state index contributed by atoms with van der Waals surface area (Å²) in [6.07, 6.45) is 1.16. The molecule has 0 aliphatic carbocycles. The van der Waals surface area contributed by atoms with Gasteiger partial charge < -0.3 is 5.73 Å². The highest BCUT2D eigenvalue weighted by molar-refractivity contribution is 6.35. The van der Waals surface area contributed by atoms with Crippen LogP contribution in [0, 0.1) is 5.41 Å². The van der Waals surface area contributed by atoms with Gasteiger partial charge in [0.05, 0.1) is 0 Å². The molecule has 0 aromatic heterocycles. The van der Waals surface area contributed by atoms with Crippen molar-refractivity contribution in [2.24, 2.45) is 11.1 Å². The molecule has 2 nitrogen and oxygen atoms in total. The van der Waals surface area contributed by atoms with Crippen molar-refractivity contribution in [3.8, 4) is 0 Å². The lowest BCUT2D eigenvalue weighted by Crippen LogP contribution is -2.31. The molecule has 17 heavy (non-hydrogen) atoms. The molecular formula is C13H18Cl2N2. The van der Waals surface area contributed by atoms with Crippen molar-refractivity contribution in [3.63, 3.8) is 0 Å². The van der Waals surface area contributed by atoms with Gasteiger partial charge in [-0.05, 0) is 42.6 Å². The maximum absolute atomic E-state index is 6.18. The van der Waals surface area contributed by atoms with Crippen LogP contribution >= 0.6 is 23.2 Å². The predicted molar refractivity (Wildman–Crippen MR) is 73.5 cm³/mol. The lowest BCUT2D eigenvalue weighted by molar-refractivity contribution is 0.274. The van der Waals surface area contributed by atoms with Crippen molar-refractivity contribution >= 4 is 23.2 Å². The summed E-state index contributed by atoms with van der Waals surface area (Å²) in [5.74, 6) is 0. The van der Waals surface area contributed by atoms with Crippen LogP contribution in [0.15, 0.2) is 18.2 Å². The molecule has 1 aromatic carbocycles. The number of halogens is 2. The Bertz CT molecular complexity index is 408. The topological polar surface area (TPSA) is 29.3 Å². The molecule has 1 aliphatic rings. The Hall–Kier alpha value is -0.280. The van der Waals surface area contributed by atoms with Crippen molar-refractivity contribution in [2.75, 3.05) is 19.6 Å². The minimum atomic E-state index is 0.263. The van der Waals surface area contributed by atoms with Crippen molar-refractivity contribution in [1.29, 1.82) is 0 Å². The maximum Gasteiger partial charge on any atom is 0.0465 e. The second-order valence-corrected chi connectivity index (χ2v) is 6.05. The Morgan fingerprint density at radius 2 is 2.18 bits per heavy atom. The van der Waals surface area contributed by atoms with E-state index >= 15 is 0 Å². The minimum Gasteiger partial charge on any atom is -0.330 e. The number of hydrogen-bond donors (Lipinski definition) is 1. The molecule has 1 aliphatic heterocycles. The number of benzene rings is 1. The number of nitrogens with two attached hydrogens (primary N) is 1. The summed E-state index contributed by atoms with van der Waals surface area (Å²) >= 11 is 12.1. The average molecular weight is 273 g/mol. The summed E-state index contributed by atoms with van der Waals surface area (Å²) in [5.41, 5.74) is 7.20. The first-order chi connectivity index (χ1) is 8.02. The highest BCUT2D eigenvalue weighted by Crippen LogP contribution is 2.31. The molecule has 4 heteroatoms. The quantitative estimate of drug-likeness (QED) is 0.916. The third-order valence-electron chi connectivity index (χ3n) is 3.54. The maximum atomic E-state index is 6.18. The fraction of sp³-hybridized carbons (Fsp3) is 0.538. The van der Waals surface area contributed by atoms with Crippen LogP contribution in [0.25, 0.3) is 0 Å². The Kier molecular flexibility index (Phi) is 3.99. The second kappa shape index (κ2) is 5.15. The average Bonchev–Trinajstić information content (AvgIpc) is 2.66. The molecule has 94 valence electrons. The van der Waals surface area contributed by atoms with Gasteiger partial charge in [-0.3, -0.25) is 4.90 Å². The van der Waals surface area contributed by atoms with Crippen LogP contribution < -0.4 is 5.73 Å². The second-order valence-electron chi connectivity index (χ2n) is 5.21. The molecule has 0 amide bonds. The lowest BCUT2D eigenvalue weighted by Gasteiger charge is -2.22. The zero-order valence-corrected chi connectivity index (χ0v) is 11.6. The van der Waals surface area contributed by atoms with E-state index in [1.807, 2.05) is 12.1 Å². The Labute approximate surface area is 113 Å². The first-order valence-electron chi connectivity index (χ1n) is 5.89. The van der Waals surface area contributed by atoms with Crippen LogP contribution in [0.5, 0.6) is 0 Å². The highest BCUT2D eigenvalue weighted by atomic mass is 35.5. The number of nitrogens with zero attached hydrogens (tertiary/aromatic N) is 1. The first-order valence-corrected chi connectivity index (χ1v) is 6.64. The smallest absolute Gasteiger partial charge is 0.0465 e. The molecule has 0 radical (unpaired) electrons. The van der Waals surface area contributed by atoms with Crippen molar-refractivity contribution < 1.29 is 0 Å². The van der Waals surface area contributed by atoms with Crippen LogP contribution in [-0.2, 0) is 6.54 Å². The van der Waals surface area contributed by atoms with Crippen LogP contribution in [0.1, 0.15) is 18.9 Å². The summed E-state index contributed by atoms with van der Waals surface area (Å²) in [4.78, 5) is 2.40. The van der Waals surface area contributed by atoms with Gasteiger partial charge in [-0.1, -0.05) is 36.2 Å². The van der Waals surface area contributed by atoms with Gasteiger partial charge in [-0.25, -0.2) is 0 Å². The molecule has 1 saturated heterocycles. The van der Waals surface area contributed by atoms with E-state index in [2.05, 4.69) is 11.8 Å². The zero-order valence-electron chi connectivity index (χ0n) is 10.0. The Balaban J connectivity index is 2.03. The largest absolute Gasteiger partial charge is 0.330 e. The van der Waals surface area contributed by atoms with Gasteiger partial charge in [0.25, 0.3) is 0 Å². The minimum absolute atomic E-state index is 0.263. The number of rotatable bonds is 3. The molecule has 1 unspecified atom stereocenters. The van der Waals surface area contributed by atoms with Gasteiger partial charge in [0.15, 0.2) is 0 Å². The van der Waals surface area contributed by atoms with Crippen LogP contribution in [0.4, 0.5) is 0 Å². The van der Waals surface area contributed by atoms with E-state index in [9.17, 15) is 0 Å². The summed E-state index contributed by atoms with van der Waals surface area (Å²) in [5, 5.41) is 1.44. The van der Waals surface area contributed by atoms with Crippen LogP contribution in [0.3, 0.4) is 0 Å². The number of likely N-dealkylation sites (tertiary alicyclic amines) is 1. The summed E-state index contributed by atoms with van der Waals surface area (Å²) < 4.78 is 0. The van der Waals surface area contributed by atoms with Crippen molar-refractivity contribution in [2.45, 2.75) is 19.9 Å². The molecule has 1 heterocycles. The van der Waals surface area contributed by atoms with Gasteiger partial charge >= 0.3 is 0 Å². The van der Waals surface area contributed by atoms with E-state index in [0.717, 1.165) is 43.2 Å². The fourth-order valence-electron chi connectivity index (χ4n) is 2.32. The molecule has 0 saturated carbocycles. The molecule has 2 N–H and O–H groups in total. The molecule has 1 atom stereocenters. The lowest BCUT2D eigenvalue weighted by atomic mass is 9.90. The van der Waals surface area contributed by atoms with E-state index in [-0.39, 0.29) is 5.41 Å². The molecular weight excluding hydrogens is 255 g/mol. The normalized spacial score (nSPS) is 25.4. The van der Waals surface area contributed by atoms with Gasteiger partial charge in [0.2, 0.25) is 0 Å². The zero-order chi connectivity index (χ0) is 12.5. The summed E-state index contributed by atoms with van der Waals surface area (Å²) in [6.45, 7) is 6.01. The Morgan fingerprint density at radius 3 is 2.76 bits per heavy atom. The van der Waals surface area contributed by atoms with Crippen molar-refractivity contribution in [1.82, 2.24) is 4.90 Å². The standard InChI is InChI=1S/C13H18Cl2N2/c1-13(8-16)4-5-17(9-13)7-10-2-3-11(14)6-12(10)15/h2-3,6H,4-5,7-9,16H2,1H3. The molecule has 0 spiro atoms. The van der Waals surface area contributed by atoms with Crippen molar-refractivity contribution in [3.05, 3.63) is 33.8 Å². The monoisotopic (exact) mass is 272 g/mol. The van der Waals surface area contributed by atoms with Gasteiger partial charge in [0, 0.05) is 23.1 Å². The SMILES string of the molecule is CC1(CN)CCN(Cc2ccc(Cl)cc2Cl)C1. The van der Waals surface area contributed by atoms with E-state index in [0.29, 0.717) is 5.02 Å². The first kappa shape index (κ1) is 13.2. The van der Waals surface area contributed by atoms with E-state index < -0.39 is 0 Å². The molecule has 1 fully saturated rings. The van der Waals surface area contributed by atoms with Gasteiger partial charge in [-0.15, -0.1) is 0 Å². The third kappa shape index (κ3) is 3.14. The number of hydrogen-bond acceptors (Lipinski definition) is 2.